The van der Waals surface area contributed by atoms with E-state index in [2.05, 4.69) is 0 Å². The maximum Gasteiger partial charge on any atom is 0.122 e. The zero-order chi connectivity index (χ0) is 13.0. The molecule has 2 nitrogen and oxygen atoms in total. The smallest absolute Gasteiger partial charge is 0.122 e. The van der Waals surface area contributed by atoms with E-state index in [1.54, 1.807) is 0 Å². The molecule has 2 N–H and O–H groups in total. The molecular formula is C15H22ClNO. The van der Waals surface area contributed by atoms with Crippen LogP contribution < -0.4 is 10.5 Å². The molecule has 0 aromatic heterocycles. The SMILES string of the molecule is Cc1cc(Cl)ccc1OCCC(N)C1CCCC1. The summed E-state index contributed by atoms with van der Waals surface area (Å²) >= 11 is 5.91. The molecule has 0 bridgehead atoms. The molecule has 0 heterocycles. The van der Waals surface area contributed by atoms with E-state index in [-0.39, 0.29) is 0 Å². The molecule has 1 aliphatic carbocycles. The van der Waals surface area contributed by atoms with Gasteiger partial charge in [-0.3, -0.25) is 0 Å². The van der Waals surface area contributed by atoms with Crippen molar-refractivity contribution in [2.75, 3.05) is 6.61 Å². The number of rotatable bonds is 5. The van der Waals surface area contributed by atoms with Gasteiger partial charge in [0, 0.05) is 11.1 Å². The molecule has 1 atom stereocenters. The Morgan fingerprint density at radius 1 is 1.39 bits per heavy atom. The van der Waals surface area contributed by atoms with E-state index < -0.39 is 0 Å². The molecule has 1 fully saturated rings. The van der Waals surface area contributed by atoms with Gasteiger partial charge in [-0.05, 0) is 55.9 Å². The number of ether oxygens (including phenoxy) is 1. The van der Waals surface area contributed by atoms with Crippen LogP contribution in [0.5, 0.6) is 5.75 Å². The lowest BCUT2D eigenvalue weighted by Crippen LogP contribution is -2.30. The third-order valence-electron chi connectivity index (χ3n) is 3.85. The number of hydrogen-bond donors (Lipinski definition) is 1. The van der Waals surface area contributed by atoms with E-state index in [4.69, 9.17) is 22.1 Å². The number of aryl methyl sites for hydroxylation is 1. The van der Waals surface area contributed by atoms with Gasteiger partial charge in [0.15, 0.2) is 0 Å². The first-order valence-corrected chi connectivity index (χ1v) is 7.19. The summed E-state index contributed by atoms with van der Waals surface area (Å²) in [5, 5.41) is 0.752. The Labute approximate surface area is 114 Å². The molecule has 0 saturated heterocycles. The molecule has 2 rings (SSSR count). The fourth-order valence-electron chi connectivity index (χ4n) is 2.70. The van der Waals surface area contributed by atoms with Crippen LogP contribution in [0.4, 0.5) is 0 Å². The predicted octanol–water partition coefficient (Wildman–Crippen LogP) is 3.93. The van der Waals surface area contributed by atoms with Crippen LogP contribution in [0.15, 0.2) is 18.2 Å². The second-order valence-corrected chi connectivity index (χ2v) is 5.69. The van der Waals surface area contributed by atoms with Crippen molar-refractivity contribution in [3.05, 3.63) is 28.8 Å². The topological polar surface area (TPSA) is 35.2 Å². The van der Waals surface area contributed by atoms with Crippen LogP contribution in [0.2, 0.25) is 5.02 Å². The van der Waals surface area contributed by atoms with Gasteiger partial charge in [-0.2, -0.15) is 0 Å². The van der Waals surface area contributed by atoms with E-state index in [0.717, 1.165) is 22.8 Å². The predicted molar refractivity (Wildman–Crippen MR) is 76.2 cm³/mol. The standard InChI is InChI=1S/C15H22ClNO/c1-11-10-13(16)6-7-15(11)18-9-8-14(17)12-4-2-3-5-12/h6-7,10,12,14H,2-5,8-9,17H2,1H3. The van der Waals surface area contributed by atoms with Crippen molar-refractivity contribution in [3.8, 4) is 5.75 Å². The molecule has 0 amide bonds. The van der Waals surface area contributed by atoms with Crippen molar-refractivity contribution in [2.45, 2.75) is 45.1 Å². The first-order valence-electron chi connectivity index (χ1n) is 6.81. The van der Waals surface area contributed by atoms with Gasteiger partial charge in [-0.15, -0.1) is 0 Å². The van der Waals surface area contributed by atoms with E-state index in [1.165, 1.54) is 25.7 Å². The highest BCUT2D eigenvalue weighted by molar-refractivity contribution is 6.30. The molecule has 1 aliphatic rings. The summed E-state index contributed by atoms with van der Waals surface area (Å²) in [7, 11) is 0. The van der Waals surface area contributed by atoms with Crippen molar-refractivity contribution in [2.24, 2.45) is 11.7 Å². The van der Waals surface area contributed by atoms with E-state index in [9.17, 15) is 0 Å². The van der Waals surface area contributed by atoms with Crippen LogP contribution in [0.1, 0.15) is 37.7 Å². The monoisotopic (exact) mass is 267 g/mol. The van der Waals surface area contributed by atoms with Gasteiger partial charge in [-0.1, -0.05) is 24.4 Å². The molecule has 1 aromatic rings. The molecule has 0 radical (unpaired) electrons. The van der Waals surface area contributed by atoms with Crippen LogP contribution >= 0.6 is 11.6 Å². The third-order valence-corrected chi connectivity index (χ3v) is 4.09. The molecule has 0 aliphatic heterocycles. The summed E-state index contributed by atoms with van der Waals surface area (Å²) in [6.07, 6.45) is 6.21. The molecule has 3 heteroatoms. The first kappa shape index (κ1) is 13.7. The van der Waals surface area contributed by atoms with Gasteiger partial charge in [-0.25, -0.2) is 0 Å². The lowest BCUT2D eigenvalue weighted by atomic mass is 9.97. The molecule has 1 saturated carbocycles. The maximum atomic E-state index is 6.20. The fourth-order valence-corrected chi connectivity index (χ4v) is 2.93. The summed E-state index contributed by atoms with van der Waals surface area (Å²) in [6, 6.07) is 6.01. The molecule has 0 spiro atoms. The van der Waals surface area contributed by atoms with Gasteiger partial charge in [0.05, 0.1) is 6.61 Å². The lowest BCUT2D eigenvalue weighted by Gasteiger charge is -2.19. The van der Waals surface area contributed by atoms with Gasteiger partial charge in [0.2, 0.25) is 0 Å². The summed E-state index contributed by atoms with van der Waals surface area (Å²) in [5.41, 5.74) is 7.28. The second kappa shape index (κ2) is 6.44. The molecule has 1 unspecified atom stereocenters. The van der Waals surface area contributed by atoms with Gasteiger partial charge in [0.25, 0.3) is 0 Å². The Kier molecular flexibility index (Phi) is 4.90. The van der Waals surface area contributed by atoms with Gasteiger partial charge >= 0.3 is 0 Å². The highest BCUT2D eigenvalue weighted by atomic mass is 35.5. The Morgan fingerprint density at radius 3 is 2.78 bits per heavy atom. The van der Waals surface area contributed by atoms with Crippen molar-refractivity contribution in [3.63, 3.8) is 0 Å². The molecular weight excluding hydrogens is 246 g/mol. The van der Waals surface area contributed by atoms with Crippen LogP contribution in [-0.4, -0.2) is 12.6 Å². The molecule has 1 aromatic carbocycles. The normalized spacial score (nSPS) is 17.9. The minimum absolute atomic E-state index is 0.292. The van der Waals surface area contributed by atoms with Crippen molar-refractivity contribution in [1.82, 2.24) is 0 Å². The average Bonchev–Trinajstić information content (AvgIpc) is 2.85. The lowest BCUT2D eigenvalue weighted by molar-refractivity contribution is 0.273. The summed E-state index contributed by atoms with van der Waals surface area (Å²) < 4.78 is 5.78. The van der Waals surface area contributed by atoms with Crippen LogP contribution in [0.25, 0.3) is 0 Å². The van der Waals surface area contributed by atoms with Crippen LogP contribution in [0, 0.1) is 12.8 Å². The molecule has 18 heavy (non-hydrogen) atoms. The third kappa shape index (κ3) is 3.63. The summed E-state index contributed by atoms with van der Waals surface area (Å²) in [6.45, 7) is 2.71. The Balaban J connectivity index is 1.77. The van der Waals surface area contributed by atoms with Crippen LogP contribution in [-0.2, 0) is 0 Å². The van der Waals surface area contributed by atoms with E-state index >= 15 is 0 Å². The number of nitrogens with two attached hydrogens (primary N) is 1. The van der Waals surface area contributed by atoms with Crippen LogP contribution in [0.3, 0.4) is 0 Å². The van der Waals surface area contributed by atoms with Gasteiger partial charge < -0.3 is 10.5 Å². The van der Waals surface area contributed by atoms with Crippen molar-refractivity contribution in [1.29, 1.82) is 0 Å². The Hall–Kier alpha value is -0.730. The number of halogens is 1. The maximum absolute atomic E-state index is 6.20. The highest BCUT2D eigenvalue weighted by Crippen LogP contribution is 2.28. The fraction of sp³-hybridized carbons (Fsp3) is 0.600. The zero-order valence-electron chi connectivity index (χ0n) is 11.0. The zero-order valence-corrected chi connectivity index (χ0v) is 11.7. The molecule has 100 valence electrons. The first-order chi connectivity index (χ1) is 8.66. The second-order valence-electron chi connectivity index (χ2n) is 5.26. The summed E-state index contributed by atoms with van der Waals surface area (Å²) in [4.78, 5) is 0. The van der Waals surface area contributed by atoms with E-state index in [0.29, 0.717) is 18.6 Å². The van der Waals surface area contributed by atoms with Crippen molar-refractivity contribution < 1.29 is 4.74 Å². The minimum Gasteiger partial charge on any atom is -0.493 e. The summed E-state index contributed by atoms with van der Waals surface area (Å²) in [5.74, 6) is 1.62. The van der Waals surface area contributed by atoms with Gasteiger partial charge in [0.1, 0.15) is 5.75 Å². The van der Waals surface area contributed by atoms with E-state index in [1.807, 2.05) is 25.1 Å². The number of hydrogen-bond acceptors (Lipinski definition) is 2. The number of benzene rings is 1. The largest absolute Gasteiger partial charge is 0.493 e. The average molecular weight is 268 g/mol. The Bertz CT molecular complexity index is 388. The van der Waals surface area contributed by atoms with Crippen molar-refractivity contribution >= 4 is 11.6 Å². The Morgan fingerprint density at radius 2 is 2.11 bits per heavy atom. The highest BCUT2D eigenvalue weighted by Gasteiger charge is 2.21. The minimum atomic E-state index is 0.292. The quantitative estimate of drug-likeness (QED) is 0.877.